The summed E-state index contributed by atoms with van der Waals surface area (Å²) >= 11 is 0. The highest BCUT2D eigenvalue weighted by molar-refractivity contribution is 5.19. The standard InChI is InChI=1S/C24H36FN/c1-2-3-4-6-20-9-13-22(14-10-20)17-18-23-15-11-21(12-16-23)7-5-8-24(25)19-26/h5,7-8,17-18,20-23H,2-4,6,9-16H2,1H3/b7-5?,18-17+,24-8?/t20-,21?,22-,23?. The number of hydrogen-bond donors (Lipinski definition) is 0. The van der Waals surface area contributed by atoms with Crippen LogP contribution >= 0.6 is 0 Å². The van der Waals surface area contributed by atoms with E-state index in [0.29, 0.717) is 5.92 Å². The van der Waals surface area contributed by atoms with Crippen molar-refractivity contribution in [3.8, 4) is 6.07 Å². The molecule has 26 heavy (non-hydrogen) atoms. The minimum absolute atomic E-state index is 0.543. The van der Waals surface area contributed by atoms with E-state index in [2.05, 4.69) is 25.2 Å². The molecule has 0 amide bonds. The smallest absolute Gasteiger partial charge is 0.195 e. The Morgan fingerprint density at radius 1 is 0.885 bits per heavy atom. The molecule has 2 saturated carbocycles. The molecule has 2 aliphatic rings. The van der Waals surface area contributed by atoms with Crippen molar-refractivity contribution in [1.29, 1.82) is 5.26 Å². The minimum Gasteiger partial charge on any atom is -0.195 e. The van der Waals surface area contributed by atoms with Gasteiger partial charge in [-0.25, -0.2) is 0 Å². The van der Waals surface area contributed by atoms with E-state index >= 15 is 0 Å². The van der Waals surface area contributed by atoms with Crippen LogP contribution in [0.5, 0.6) is 0 Å². The van der Waals surface area contributed by atoms with E-state index < -0.39 is 5.83 Å². The van der Waals surface area contributed by atoms with Gasteiger partial charge in [0, 0.05) is 0 Å². The lowest BCUT2D eigenvalue weighted by Crippen LogP contribution is -2.14. The van der Waals surface area contributed by atoms with Gasteiger partial charge in [0.2, 0.25) is 0 Å². The molecule has 2 fully saturated rings. The summed E-state index contributed by atoms with van der Waals surface area (Å²) in [4.78, 5) is 0. The molecule has 0 spiro atoms. The van der Waals surface area contributed by atoms with Crippen molar-refractivity contribution in [3.63, 3.8) is 0 Å². The van der Waals surface area contributed by atoms with Crippen molar-refractivity contribution in [2.45, 2.75) is 84.0 Å². The van der Waals surface area contributed by atoms with Gasteiger partial charge in [0.25, 0.3) is 0 Å². The maximum atomic E-state index is 12.8. The third-order valence-corrected chi connectivity index (χ3v) is 6.31. The zero-order valence-corrected chi connectivity index (χ0v) is 16.5. The Bertz CT molecular complexity index is 509. The molecule has 0 atom stereocenters. The second-order valence-corrected chi connectivity index (χ2v) is 8.35. The van der Waals surface area contributed by atoms with Crippen LogP contribution in [0.2, 0.25) is 0 Å². The summed E-state index contributed by atoms with van der Waals surface area (Å²) < 4.78 is 12.8. The fourth-order valence-corrected chi connectivity index (χ4v) is 4.53. The quantitative estimate of drug-likeness (QED) is 0.189. The van der Waals surface area contributed by atoms with Crippen LogP contribution in [0.15, 0.2) is 36.2 Å². The molecule has 0 bridgehead atoms. The first kappa shape index (κ1) is 20.9. The van der Waals surface area contributed by atoms with Crippen LogP contribution in [0.25, 0.3) is 0 Å². The van der Waals surface area contributed by atoms with E-state index in [9.17, 15) is 4.39 Å². The zero-order chi connectivity index (χ0) is 18.6. The molecule has 0 aromatic rings. The highest BCUT2D eigenvalue weighted by atomic mass is 19.1. The molecule has 0 saturated heterocycles. The summed E-state index contributed by atoms with van der Waals surface area (Å²) in [5.41, 5.74) is 0. The fourth-order valence-electron chi connectivity index (χ4n) is 4.53. The lowest BCUT2D eigenvalue weighted by atomic mass is 9.78. The molecular formula is C24H36FN. The molecule has 0 N–H and O–H groups in total. The third-order valence-electron chi connectivity index (χ3n) is 6.31. The maximum Gasteiger partial charge on any atom is 0.199 e. The Morgan fingerprint density at radius 2 is 1.42 bits per heavy atom. The van der Waals surface area contributed by atoms with Crippen LogP contribution in [-0.4, -0.2) is 0 Å². The molecule has 0 aromatic carbocycles. The normalized spacial score (nSPS) is 30.7. The Morgan fingerprint density at radius 3 is 1.96 bits per heavy atom. The Balaban J connectivity index is 1.63. The summed E-state index contributed by atoms with van der Waals surface area (Å²) in [6.07, 6.45) is 26.2. The lowest BCUT2D eigenvalue weighted by Gasteiger charge is -2.28. The maximum absolute atomic E-state index is 12.8. The van der Waals surface area contributed by atoms with Crippen LogP contribution in [0.1, 0.15) is 84.0 Å². The molecule has 1 nitrogen and oxygen atoms in total. The summed E-state index contributed by atoms with van der Waals surface area (Å²) in [5.74, 6) is 2.37. The van der Waals surface area contributed by atoms with Crippen molar-refractivity contribution < 1.29 is 4.39 Å². The van der Waals surface area contributed by atoms with Crippen LogP contribution in [0, 0.1) is 35.0 Å². The molecule has 2 aliphatic carbocycles. The molecule has 0 unspecified atom stereocenters. The lowest BCUT2D eigenvalue weighted by molar-refractivity contribution is 0.287. The number of rotatable bonds is 8. The largest absolute Gasteiger partial charge is 0.199 e. The van der Waals surface area contributed by atoms with Crippen molar-refractivity contribution in [2.24, 2.45) is 23.7 Å². The second-order valence-electron chi connectivity index (χ2n) is 8.35. The van der Waals surface area contributed by atoms with Crippen LogP contribution in [-0.2, 0) is 0 Å². The van der Waals surface area contributed by atoms with Crippen molar-refractivity contribution in [1.82, 2.24) is 0 Å². The highest BCUT2D eigenvalue weighted by Gasteiger charge is 2.21. The van der Waals surface area contributed by atoms with Gasteiger partial charge in [0.1, 0.15) is 6.07 Å². The Hall–Kier alpha value is -1.36. The van der Waals surface area contributed by atoms with Crippen molar-refractivity contribution >= 4 is 0 Å². The Labute approximate surface area is 160 Å². The molecule has 2 heteroatoms. The molecule has 0 heterocycles. The molecular weight excluding hydrogens is 321 g/mol. The van der Waals surface area contributed by atoms with Crippen molar-refractivity contribution in [3.05, 3.63) is 36.2 Å². The molecule has 144 valence electrons. The number of hydrogen-bond acceptors (Lipinski definition) is 1. The number of allylic oxidation sites excluding steroid dienone is 6. The summed E-state index contributed by atoms with van der Waals surface area (Å²) in [6, 6.07) is 1.51. The van der Waals surface area contributed by atoms with Gasteiger partial charge in [0.05, 0.1) is 0 Å². The van der Waals surface area contributed by atoms with E-state index in [4.69, 9.17) is 5.26 Å². The van der Waals surface area contributed by atoms with Gasteiger partial charge in [-0.1, -0.05) is 56.9 Å². The average molecular weight is 358 g/mol. The molecule has 0 aliphatic heterocycles. The second kappa shape index (κ2) is 12.1. The fraction of sp³-hybridized carbons (Fsp3) is 0.708. The van der Waals surface area contributed by atoms with E-state index in [0.717, 1.165) is 17.8 Å². The number of halogens is 1. The molecule has 0 aromatic heterocycles. The van der Waals surface area contributed by atoms with Crippen LogP contribution < -0.4 is 0 Å². The van der Waals surface area contributed by atoms with Crippen LogP contribution in [0.4, 0.5) is 4.39 Å². The molecule has 0 radical (unpaired) electrons. The van der Waals surface area contributed by atoms with E-state index in [1.165, 1.54) is 89.2 Å². The van der Waals surface area contributed by atoms with E-state index in [1.807, 2.05) is 0 Å². The van der Waals surface area contributed by atoms with Crippen molar-refractivity contribution in [2.75, 3.05) is 0 Å². The summed E-state index contributed by atoms with van der Waals surface area (Å²) in [7, 11) is 0. The number of nitriles is 1. The monoisotopic (exact) mass is 357 g/mol. The van der Waals surface area contributed by atoms with E-state index in [1.54, 1.807) is 6.08 Å². The van der Waals surface area contributed by atoms with Gasteiger partial charge in [-0.3, -0.25) is 0 Å². The van der Waals surface area contributed by atoms with Gasteiger partial charge < -0.3 is 0 Å². The predicted molar refractivity (Wildman–Crippen MR) is 108 cm³/mol. The summed E-state index contributed by atoms with van der Waals surface area (Å²) in [6.45, 7) is 2.29. The minimum atomic E-state index is -0.710. The first-order chi connectivity index (χ1) is 12.7. The number of unbranched alkanes of at least 4 members (excludes halogenated alkanes) is 2. The first-order valence-electron chi connectivity index (χ1n) is 10.8. The van der Waals surface area contributed by atoms with Gasteiger partial charge in [-0.05, 0) is 81.1 Å². The van der Waals surface area contributed by atoms with Gasteiger partial charge in [-0.2, -0.15) is 9.65 Å². The SMILES string of the molecule is CCCCC[C@H]1CC[C@H](/C=C/C2CCC(C=CC=C(F)C#N)CC2)CC1. The average Bonchev–Trinajstić information content (AvgIpc) is 2.68. The highest BCUT2D eigenvalue weighted by Crippen LogP contribution is 2.35. The third kappa shape index (κ3) is 7.90. The zero-order valence-electron chi connectivity index (χ0n) is 16.5. The molecule has 2 rings (SSSR count). The van der Waals surface area contributed by atoms with E-state index in [-0.39, 0.29) is 0 Å². The van der Waals surface area contributed by atoms with Gasteiger partial charge in [0.15, 0.2) is 5.83 Å². The first-order valence-corrected chi connectivity index (χ1v) is 10.8. The van der Waals surface area contributed by atoms with Gasteiger partial charge >= 0.3 is 0 Å². The van der Waals surface area contributed by atoms with Gasteiger partial charge in [-0.15, -0.1) is 0 Å². The Kier molecular flexibility index (Phi) is 9.75. The predicted octanol–water partition coefficient (Wildman–Crippen LogP) is 7.67. The van der Waals surface area contributed by atoms with Crippen LogP contribution in [0.3, 0.4) is 0 Å². The number of nitrogens with zero attached hydrogens (tertiary/aromatic N) is 1. The topological polar surface area (TPSA) is 23.8 Å². The summed E-state index contributed by atoms with van der Waals surface area (Å²) in [5, 5.41) is 8.40.